The third-order valence-corrected chi connectivity index (χ3v) is 5.19. The van der Waals surface area contributed by atoms with E-state index in [9.17, 15) is 4.79 Å². The van der Waals surface area contributed by atoms with Gasteiger partial charge in [-0.2, -0.15) is 0 Å². The highest BCUT2D eigenvalue weighted by atomic mass is 32.2. The van der Waals surface area contributed by atoms with Gasteiger partial charge in [-0.05, 0) is 44.0 Å². The van der Waals surface area contributed by atoms with Crippen molar-refractivity contribution in [2.75, 3.05) is 11.5 Å². The molecule has 3 N–H and O–H groups in total. The molecule has 4 nitrogen and oxygen atoms in total. The first-order valence-electron chi connectivity index (χ1n) is 6.03. The third kappa shape index (κ3) is 4.68. The van der Waals surface area contributed by atoms with Gasteiger partial charge in [0, 0.05) is 21.3 Å². The van der Waals surface area contributed by atoms with Crippen LogP contribution in [0.2, 0.25) is 0 Å². The number of thioether (sulfide) groups is 2. The molecule has 108 valence electrons. The highest BCUT2D eigenvalue weighted by Gasteiger charge is 2.10. The molecule has 6 heteroatoms. The van der Waals surface area contributed by atoms with Gasteiger partial charge in [0.15, 0.2) is 0 Å². The maximum Gasteiger partial charge on any atom is 0.313 e. The molecule has 0 bridgehead atoms. The zero-order valence-corrected chi connectivity index (χ0v) is 13.4. The molecule has 0 radical (unpaired) electrons. The molecule has 0 unspecified atom stereocenters. The van der Waals surface area contributed by atoms with Crippen LogP contribution in [0.1, 0.15) is 18.1 Å². The number of carbonyl (C=O) groups is 1. The zero-order chi connectivity index (χ0) is 15.3. The van der Waals surface area contributed by atoms with Gasteiger partial charge in [0.1, 0.15) is 0 Å². The zero-order valence-electron chi connectivity index (χ0n) is 11.7. The summed E-state index contributed by atoms with van der Waals surface area (Å²) in [5.74, 6) is -0.276. The fourth-order valence-electron chi connectivity index (χ4n) is 1.48. The summed E-state index contributed by atoms with van der Waals surface area (Å²) >= 11 is 2.86. The lowest BCUT2D eigenvalue weighted by Crippen LogP contribution is -2.10. The first-order chi connectivity index (χ1) is 9.32. The van der Waals surface area contributed by atoms with Crippen molar-refractivity contribution < 1.29 is 9.90 Å². The van der Waals surface area contributed by atoms with E-state index < -0.39 is 5.97 Å². The molecule has 0 fully saturated rings. The van der Waals surface area contributed by atoms with E-state index in [1.165, 1.54) is 23.5 Å². The standard InChI is InChI=1S/C14H18N2O2S2/c1-8-9(2)13(20-7-14(17)18)5-4-12(8)19-6-11(16)10(3)15/h4-5,15-16H,6-7H2,1-3H3,(H,17,18). The van der Waals surface area contributed by atoms with Crippen LogP contribution in [0.4, 0.5) is 0 Å². The van der Waals surface area contributed by atoms with E-state index in [1.54, 1.807) is 6.92 Å². The van der Waals surface area contributed by atoms with Crippen LogP contribution in [-0.2, 0) is 4.79 Å². The maximum absolute atomic E-state index is 10.6. The summed E-state index contributed by atoms with van der Waals surface area (Å²) in [6.45, 7) is 5.60. The maximum atomic E-state index is 10.6. The van der Waals surface area contributed by atoms with E-state index in [2.05, 4.69) is 0 Å². The average molecular weight is 310 g/mol. The number of aliphatic carboxylic acids is 1. The number of carboxylic acid groups (broad SMARTS) is 1. The fraction of sp³-hybridized carbons (Fsp3) is 0.357. The van der Waals surface area contributed by atoms with Gasteiger partial charge in [-0.1, -0.05) is 0 Å². The van der Waals surface area contributed by atoms with Crippen LogP contribution in [0.5, 0.6) is 0 Å². The molecule has 0 heterocycles. The fourth-order valence-corrected chi connectivity index (χ4v) is 3.34. The Morgan fingerprint density at radius 3 is 1.95 bits per heavy atom. The minimum Gasteiger partial charge on any atom is -0.481 e. The Kier molecular flexibility index (Phi) is 6.29. The molecular weight excluding hydrogens is 292 g/mol. The lowest BCUT2D eigenvalue weighted by Gasteiger charge is -2.12. The van der Waals surface area contributed by atoms with Crippen molar-refractivity contribution in [2.24, 2.45) is 0 Å². The first-order valence-corrected chi connectivity index (χ1v) is 8.00. The lowest BCUT2D eigenvalue weighted by molar-refractivity contribution is -0.133. The summed E-state index contributed by atoms with van der Waals surface area (Å²) in [6, 6.07) is 3.89. The molecule has 0 atom stereocenters. The van der Waals surface area contributed by atoms with Crippen molar-refractivity contribution in [3.8, 4) is 0 Å². The topological polar surface area (TPSA) is 85.0 Å². The predicted molar refractivity (Wildman–Crippen MR) is 86.1 cm³/mol. The molecule has 20 heavy (non-hydrogen) atoms. The van der Waals surface area contributed by atoms with E-state index >= 15 is 0 Å². The number of nitrogens with one attached hydrogen (secondary N) is 2. The number of rotatable bonds is 7. The Morgan fingerprint density at radius 2 is 1.55 bits per heavy atom. The number of carboxylic acids is 1. The van der Waals surface area contributed by atoms with Crippen molar-refractivity contribution in [1.82, 2.24) is 0 Å². The number of hydrogen-bond donors (Lipinski definition) is 3. The molecule has 0 spiro atoms. The SMILES string of the molecule is CC(=N)C(=N)CSc1ccc(SCC(=O)O)c(C)c1C. The van der Waals surface area contributed by atoms with E-state index in [0.717, 1.165) is 20.9 Å². The first kappa shape index (κ1) is 16.8. The number of hydrogen-bond acceptors (Lipinski definition) is 5. The molecule has 1 rings (SSSR count). The van der Waals surface area contributed by atoms with Gasteiger partial charge in [0.25, 0.3) is 0 Å². The molecule has 1 aromatic rings. The minimum absolute atomic E-state index is 0.0599. The molecule has 0 saturated carbocycles. The summed E-state index contributed by atoms with van der Waals surface area (Å²) in [7, 11) is 0. The summed E-state index contributed by atoms with van der Waals surface area (Å²) < 4.78 is 0. The Bertz CT molecular complexity index is 556. The summed E-state index contributed by atoms with van der Waals surface area (Å²) in [6.07, 6.45) is 0. The lowest BCUT2D eigenvalue weighted by atomic mass is 10.1. The largest absolute Gasteiger partial charge is 0.481 e. The van der Waals surface area contributed by atoms with Crippen molar-refractivity contribution in [2.45, 2.75) is 30.6 Å². The highest BCUT2D eigenvalue weighted by molar-refractivity contribution is 8.00. The second kappa shape index (κ2) is 7.50. The van der Waals surface area contributed by atoms with Crippen molar-refractivity contribution >= 4 is 40.9 Å². The third-order valence-electron chi connectivity index (χ3n) is 2.86. The van der Waals surface area contributed by atoms with Crippen LogP contribution in [0.25, 0.3) is 0 Å². The summed E-state index contributed by atoms with van der Waals surface area (Å²) in [5.41, 5.74) is 2.82. The van der Waals surface area contributed by atoms with Crippen LogP contribution in [0.3, 0.4) is 0 Å². The molecule has 0 aliphatic rings. The van der Waals surface area contributed by atoms with Crippen LogP contribution in [-0.4, -0.2) is 34.0 Å². The molecule has 0 amide bonds. The Morgan fingerprint density at radius 1 is 1.10 bits per heavy atom. The Hall–Kier alpha value is -1.27. The molecule has 0 saturated heterocycles. The molecule has 0 aromatic heterocycles. The quantitative estimate of drug-likeness (QED) is 0.530. The van der Waals surface area contributed by atoms with Crippen molar-refractivity contribution in [3.63, 3.8) is 0 Å². The van der Waals surface area contributed by atoms with Gasteiger partial charge in [-0.3, -0.25) is 4.79 Å². The van der Waals surface area contributed by atoms with Crippen molar-refractivity contribution in [1.29, 1.82) is 10.8 Å². The van der Waals surface area contributed by atoms with Gasteiger partial charge >= 0.3 is 5.97 Å². The molecule has 1 aromatic carbocycles. The number of benzene rings is 1. The average Bonchev–Trinajstić information content (AvgIpc) is 2.38. The van der Waals surface area contributed by atoms with Crippen LogP contribution in [0, 0.1) is 24.7 Å². The van der Waals surface area contributed by atoms with Gasteiger partial charge in [-0.15, -0.1) is 23.5 Å². The second-order valence-corrected chi connectivity index (χ2v) is 6.42. The molecular formula is C14H18N2O2S2. The summed E-state index contributed by atoms with van der Waals surface area (Å²) in [5, 5.41) is 23.8. The predicted octanol–water partition coefficient (Wildman–Crippen LogP) is 3.63. The van der Waals surface area contributed by atoms with E-state index in [-0.39, 0.29) is 5.75 Å². The normalized spacial score (nSPS) is 10.3. The van der Waals surface area contributed by atoms with E-state index in [4.69, 9.17) is 15.9 Å². The highest BCUT2D eigenvalue weighted by Crippen LogP contribution is 2.31. The van der Waals surface area contributed by atoms with Crippen LogP contribution in [0.15, 0.2) is 21.9 Å². The Balaban J connectivity index is 2.80. The molecule has 0 aliphatic carbocycles. The summed E-state index contributed by atoms with van der Waals surface area (Å²) in [4.78, 5) is 12.7. The van der Waals surface area contributed by atoms with E-state index in [0.29, 0.717) is 17.2 Å². The van der Waals surface area contributed by atoms with Gasteiger partial charge in [-0.25, -0.2) is 0 Å². The monoisotopic (exact) mass is 310 g/mol. The van der Waals surface area contributed by atoms with E-state index in [1.807, 2.05) is 26.0 Å². The van der Waals surface area contributed by atoms with Gasteiger partial charge in [0.05, 0.1) is 11.5 Å². The van der Waals surface area contributed by atoms with Crippen molar-refractivity contribution in [3.05, 3.63) is 23.3 Å². The smallest absolute Gasteiger partial charge is 0.313 e. The van der Waals surface area contributed by atoms with Gasteiger partial charge < -0.3 is 15.9 Å². The molecule has 0 aliphatic heterocycles. The van der Waals surface area contributed by atoms with Crippen LogP contribution < -0.4 is 0 Å². The Labute approximate surface area is 127 Å². The van der Waals surface area contributed by atoms with Gasteiger partial charge in [0.2, 0.25) is 0 Å². The second-order valence-electron chi connectivity index (χ2n) is 4.39. The van der Waals surface area contributed by atoms with Crippen LogP contribution >= 0.6 is 23.5 Å². The minimum atomic E-state index is -0.819.